The summed E-state index contributed by atoms with van der Waals surface area (Å²) in [4.78, 5) is 2.40. The van der Waals surface area contributed by atoms with Crippen molar-refractivity contribution in [3.63, 3.8) is 0 Å². The Hall–Kier alpha value is -2.82. The van der Waals surface area contributed by atoms with E-state index < -0.39 is 0 Å². The van der Waals surface area contributed by atoms with Gasteiger partial charge in [-0.3, -0.25) is 4.68 Å². The fraction of sp³-hybridized carbons (Fsp3) is 0.125. The highest BCUT2D eigenvalue weighted by Crippen LogP contribution is 2.48. The fourth-order valence-electron chi connectivity index (χ4n) is 3.83. The molecule has 0 atom stereocenters. The van der Waals surface area contributed by atoms with E-state index in [1.54, 1.807) is 11.8 Å². The van der Waals surface area contributed by atoms with Gasteiger partial charge in [-0.25, -0.2) is 0 Å². The van der Waals surface area contributed by atoms with Crippen LogP contribution in [0.5, 0.6) is 0 Å². The van der Waals surface area contributed by atoms with E-state index in [2.05, 4.69) is 72.8 Å². The number of aryl methyl sites for hydroxylation is 2. The zero-order chi connectivity index (χ0) is 18.9. The molecule has 3 nitrogen and oxygen atoms in total. The van der Waals surface area contributed by atoms with Crippen molar-refractivity contribution >= 4 is 11.8 Å². The van der Waals surface area contributed by atoms with Gasteiger partial charge in [-0.15, -0.1) is 0 Å². The minimum atomic E-state index is -0.0295. The molecule has 4 aromatic rings. The molecule has 0 unspecified atom stereocenters. The van der Waals surface area contributed by atoms with Crippen LogP contribution in [-0.2, 0) is 19.6 Å². The molecule has 5 rings (SSSR count). The maximum Gasteiger partial charge on any atom is 0.102 e. The van der Waals surface area contributed by atoms with Crippen LogP contribution in [0.1, 0.15) is 11.3 Å². The van der Waals surface area contributed by atoms with Gasteiger partial charge >= 0.3 is 0 Å². The van der Waals surface area contributed by atoms with Crippen LogP contribution < -0.4 is 0 Å². The van der Waals surface area contributed by atoms with Crippen molar-refractivity contribution in [2.45, 2.75) is 29.4 Å². The van der Waals surface area contributed by atoms with E-state index in [4.69, 9.17) is 5.10 Å². The molecule has 3 aromatic carbocycles. The Balaban J connectivity index is 1.67. The number of hydrogen-bond acceptors (Lipinski definition) is 3. The molecule has 0 spiro atoms. The van der Waals surface area contributed by atoms with Gasteiger partial charge in [0, 0.05) is 27.5 Å². The Kier molecular flexibility index (Phi) is 4.51. The highest BCUT2D eigenvalue weighted by atomic mass is 32.2. The van der Waals surface area contributed by atoms with E-state index in [1.807, 2.05) is 10.7 Å². The molecule has 0 saturated carbocycles. The number of nitrogens with zero attached hydrogens (tertiary/aromatic N) is 2. The molecule has 1 N–H and O–H groups in total. The first-order valence-corrected chi connectivity index (χ1v) is 10.3. The van der Waals surface area contributed by atoms with Crippen molar-refractivity contribution in [2.75, 3.05) is 0 Å². The van der Waals surface area contributed by atoms with Gasteiger partial charge in [0.25, 0.3) is 0 Å². The maximum atomic E-state index is 10.3. The highest BCUT2D eigenvalue weighted by molar-refractivity contribution is 7.99. The van der Waals surface area contributed by atoms with Crippen LogP contribution in [0.25, 0.3) is 22.4 Å². The zero-order valence-corrected chi connectivity index (χ0v) is 16.2. The molecule has 0 saturated heterocycles. The number of aliphatic hydroxyl groups excluding tert-OH is 1. The summed E-state index contributed by atoms with van der Waals surface area (Å²) in [5.41, 5.74) is 6.46. The van der Waals surface area contributed by atoms with Crippen molar-refractivity contribution in [1.82, 2.24) is 9.78 Å². The third kappa shape index (κ3) is 2.95. The molecule has 1 aromatic heterocycles. The molecule has 0 bridgehead atoms. The second kappa shape index (κ2) is 7.30. The second-order valence-corrected chi connectivity index (χ2v) is 7.97. The van der Waals surface area contributed by atoms with Gasteiger partial charge < -0.3 is 5.11 Å². The highest BCUT2D eigenvalue weighted by Gasteiger charge is 2.26. The molecular formula is C24H20N2OS. The van der Waals surface area contributed by atoms with Gasteiger partial charge in [0.1, 0.15) is 5.69 Å². The lowest BCUT2D eigenvalue weighted by atomic mass is 9.99. The summed E-state index contributed by atoms with van der Waals surface area (Å²) in [6.45, 7) is 0.711. The molecule has 0 fully saturated rings. The normalized spacial score (nSPS) is 12.0. The standard InChI is InChI=1S/C24H20N2OS/c27-16-20-23-18-10-4-6-12-21(18)28-22-13-7-5-11-19(22)24(23)25-26(20)15-14-17-8-2-1-3-9-17/h1-13,27H,14-16H2. The van der Waals surface area contributed by atoms with E-state index in [9.17, 15) is 5.11 Å². The molecular weight excluding hydrogens is 364 g/mol. The SMILES string of the molecule is OCc1c2c(nn1CCc1ccccc1)-c1ccccc1Sc1ccccc1-2. The molecule has 1 aliphatic rings. The van der Waals surface area contributed by atoms with Gasteiger partial charge in [0.15, 0.2) is 0 Å². The third-order valence-corrected chi connectivity index (χ3v) is 6.33. The number of hydrogen-bond donors (Lipinski definition) is 1. The van der Waals surface area contributed by atoms with Crippen LogP contribution in [0, 0.1) is 0 Å². The zero-order valence-electron chi connectivity index (χ0n) is 15.4. The monoisotopic (exact) mass is 384 g/mol. The average Bonchev–Trinajstić information content (AvgIpc) is 3.05. The van der Waals surface area contributed by atoms with E-state index in [-0.39, 0.29) is 6.61 Å². The molecule has 2 heterocycles. The number of benzene rings is 3. The second-order valence-electron chi connectivity index (χ2n) is 6.88. The summed E-state index contributed by atoms with van der Waals surface area (Å²) in [7, 11) is 0. The Labute approximate surface area is 168 Å². The van der Waals surface area contributed by atoms with E-state index in [1.165, 1.54) is 15.4 Å². The predicted octanol–water partition coefficient (Wildman–Crippen LogP) is 5.42. The van der Waals surface area contributed by atoms with Gasteiger partial charge in [-0.1, -0.05) is 78.5 Å². The lowest BCUT2D eigenvalue weighted by molar-refractivity contribution is 0.268. The summed E-state index contributed by atoms with van der Waals surface area (Å²) >= 11 is 1.77. The number of aliphatic hydroxyl groups is 1. The topological polar surface area (TPSA) is 38.1 Å². The van der Waals surface area contributed by atoms with Gasteiger partial charge in [0.05, 0.1) is 12.3 Å². The summed E-state index contributed by atoms with van der Waals surface area (Å²) < 4.78 is 1.99. The fourth-order valence-corrected chi connectivity index (χ4v) is 4.91. The molecule has 1 aliphatic heterocycles. The number of aromatic nitrogens is 2. The van der Waals surface area contributed by atoms with Gasteiger partial charge in [-0.2, -0.15) is 5.10 Å². The Morgan fingerprint density at radius 3 is 2.18 bits per heavy atom. The Morgan fingerprint density at radius 1 is 0.786 bits per heavy atom. The molecule has 28 heavy (non-hydrogen) atoms. The first-order chi connectivity index (χ1) is 13.8. The summed E-state index contributed by atoms with van der Waals surface area (Å²) in [5, 5.41) is 15.2. The Morgan fingerprint density at radius 2 is 1.43 bits per heavy atom. The van der Waals surface area contributed by atoms with E-state index >= 15 is 0 Å². The van der Waals surface area contributed by atoms with Crippen LogP contribution in [0.4, 0.5) is 0 Å². The quantitative estimate of drug-likeness (QED) is 0.450. The molecule has 138 valence electrons. The third-order valence-electron chi connectivity index (χ3n) is 5.18. The average molecular weight is 385 g/mol. The minimum absolute atomic E-state index is 0.0295. The van der Waals surface area contributed by atoms with Crippen LogP contribution in [-0.4, -0.2) is 14.9 Å². The summed E-state index contributed by atoms with van der Waals surface area (Å²) in [5.74, 6) is 0. The first-order valence-electron chi connectivity index (χ1n) is 9.46. The molecule has 0 radical (unpaired) electrons. The van der Waals surface area contributed by atoms with Crippen molar-refractivity contribution in [1.29, 1.82) is 0 Å². The van der Waals surface area contributed by atoms with Gasteiger partial charge in [-0.05, 0) is 29.7 Å². The summed E-state index contributed by atoms with van der Waals surface area (Å²) in [6, 6.07) is 27.2. The summed E-state index contributed by atoms with van der Waals surface area (Å²) in [6.07, 6.45) is 0.881. The molecule has 0 aliphatic carbocycles. The van der Waals surface area contributed by atoms with Gasteiger partial charge in [0.2, 0.25) is 0 Å². The maximum absolute atomic E-state index is 10.3. The van der Waals surface area contributed by atoms with Crippen molar-refractivity contribution in [3.05, 3.63) is 90.1 Å². The minimum Gasteiger partial charge on any atom is -0.390 e. The van der Waals surface area contributed by atoms with Crippen LogP contribution >= 0.6 is 11.8 Å². The van der Waals surface area contributed by atoms with E-state index in [0.29, 0.717) is 0 Å². The lowest BCUT2D eigenvalue weighted by Crippen LogP contribution is -2.08. The largest absolute Gasteiger partial charge is 0.390 e. The van der Waals surface area contributed by atoms with Crippen molar-refractivity contribution < 1.29 is 5.11 Å². The number of fused-ring (bicyclic) bond motifs is 5. The molecule has 0 amide bonds. The van der Waals surface area contributed by atoms with Crippen molar-refractivity contribution in [3.8, 4) is 22.4 Å². The predicted molar refractivity (Wildman–Crippen MR) is 113 cm³/mol. The van der Waals surface area contributed by atoms with E-state index in [0.717, 1.165) is 41.0 Å². The number of rotatable bonds is 4. The van der Waals surface area contributed by atoms with Crippen LogP contribution in [0.15, 0.2) is 88.7 Å². The lowest BCUT2D eigenvalue weighted by Gasteiger charge is -2.10. The van der Waals surface area contributed by atoms with Crippen LogP contribution in [0.2, 0.25) is 0 Å². The smallest absolute Gasteiger partial charge is 0.102 e. The van der Waals surface area contributed by atoms with Crippen molar-refractivity contribution in [2.24, 2.45) is 0 Å². The van der Waals surface area contributed by atoms with Crippen LogP contribution in [0.3, 0.4) is 0 Å². The Bertz CT molecular complexity index is 1130. The first kappa shape index (κ1) is 17.3. The molecule has 4 heteroatoms.